The molecule has 0 N–H and O–H groups in total. The van der Waals surface area contributed by atoms with Gasteiger partial charge >= 0.3 is 7.12 Å². The highest BCUT2D eigenvalue weighted by atomic mass is 32.2. The molecule has 0 unspecified atom stereocenters. The molecule has 1 aromatic rings. The Hall–Kier alpha value is -0.955. The van der Waals surface area contributed by atoms with Crippen LogP contribution in [-0.4, -0.2) is 47.2 Å². The molecule has 0 spiro atoms. The SMILES string of the molecule is CC1(C)OB(c2cccc(N=S3(=O)CCOCC3)c2F)OC1(C)C. The number of halogens is 1. The minimum atomic E-state index is -2.47. The zero-order valence-electron chi connectivity index (χ0n) is 14.5. The van der Waals surface area contributed by atoms with E-state index in [2.05, 4.69) is 4.36 Å². The first-order valence-electron chi connectivity index (χ1n) is 8.08. The van der Waals surface area contributed by atoms with Crippen LogP contribution in [0.1, 0.15) is 27.7 Å². The Morgan fingerprint density at radius 2 is 1.71 bits per heavy atom. The summed E-state index contributed by atoms with van der Waals surface area (Å²) in [5, 5.41) is 0. The van der Waals surface area contributed by atoms with Gasteiger partial charge in [0.1, 0.15) is 11.5 Å². The fraction of sp³-hybridized carbons (Fsp3) is 0.625. The van der Waals surface area contributed by atoms with E-state index < -0.39 is 33.9 Å². The molecular weight excluding hydrogens is 332 g/mol. The van der Waals surface area contributed by atoms with Crippen molar-refractivity contribution < 1.29 is 22.6 Å². The lowest BCUT2D eigenvalue weighted by molar-refractivity contribution is 0.00578. The predicted octanol–water partition coefficient (Wildman–Crippen LogP) is 2.25. The highest BCUT2D eigenvalue weighted by molar-refractivity contribution is 7.93. The van der Waals surface area contributed by atoms with Crippen molar-refractivity contribution in [2.45, 2.75) is 38.9 Å². The van der Waals surface area contributed by atoms with Crippen LogP contribution in [0.4, 0.5) is 10.1 Å². The second-order valence-corrected chi connectivity index (χ2v) is 9.70. The zero-order chi connectivity index (χ0) is 17.6. The van der Waals surface area contributed by atoms with Gasteiger partial charge in [-0.3, -0.25) is 0 Å². The Balaban J connectivity index is 1.96. The third-order valence-corrected chi connectivity index (χ3v) is 7.01. The standard InChI is InChI=1S/C16H23BFNO4S/c1-15(2)16(3,4)23-17(22-15)12-6-5-7-13(14(12)18)19-24(20)10-8-21-9-11-24/h5-7H,8-11H2,1-4H3. The molecule has 2 fully saturated rings. The summed E-state index contributed by atoms with van der Waals surface area (Å²) in [5.74, 6) is 0.116. The van der Waals surface area contributed by atoms with Crippen molar-refractivity contribution in [3.05, 3.63) is 24.0 Å². The topological polar surface area (TPSA) is 57.1 Å². The van der Waals surface area contributed by atoms with Crippen LogP contribution in [-0.2, 0) is 23.8 Å². The molecule has 8 heteroatoms. The van der Waals surface area contributed by atoms with E-state index in [0.717, 1.165) is 0 Å². The first kappa shape index (κ1) is 17.9. The van der Waals surface area contributed by atoms with E-state index in [1.54, 1.807) is 12.1 Å². The molecule has 0 atom stereocenters. The molecule has 132 valence electrons. The minimum Gasteiger partial charge on any atom is -0.399 e. The van der Waals surface area contributed by atoms with E-state index in [1.807, 2.05) is 27.7 Å². The minimum absolute atomic E-state index is 0.0918. The molecular formula is C16H23BFNO4S. The molecule has 0 radical (unpaired) electrons. The van der Waals surface area contributed by atoms with Crippen LogP contribution in [0.25, 0.3) is 0 Å². The molecule has 5 nitrogen and oxygen atoms in total. The summed E-state index contributed by atoms with van der Waals surface area (Å²) in [6.45, 7) is 8.44. The van der Waals surface area contributed by atoms with E-state index in [1.165, 1.54) is 6.07 Å². The van der Waals surface area contributed by atoms with Crippen molar-refractivity contribution in [1.29, 1.82) is 0 Å². The fourth-order valence-electron chi connectivity index (χ4n) is 2.61. The summed E-state index contributed by atoms with van der Waals surface area (Å²) >= 11 is 0. The second-order valence-electron chi connectivity index (χ2n) is 7.15. The van der Waals surface area contributed by atoms with Crippen LogP contribution in [0, 0.1) is 5.82 Å². The molecule has 0 amide bonds. The van der Waals surface area contributed by atoms with Crippen molar-refractivity contribution in [2.75, 3.05) is 24.7 Å². The normalized spacial score (nSPS) is 24.8. The van der Waals surface area contributed by atoms with Crippen molar-refractivity contribution in [3.8, 4) is 0 Å². The maximum absolute atomic E-state index is 14.9. The van der Waals surface area contributed by atoms with Gasteiger partial charge in [-0.25, -0.2) is 8.60 Å². The quantitative estimate of drug-likeness (QED) is 0.764. The summed E-state index contributed by atoms with van der Waals surface area (Å²) in [5.41, 5.74) is -0.731. The van der Waals surface area contributed by atoms with E-state index >= 15 is 0 Å². The monoisotopic (exact) mass is 355 g/mol. The highest BCUT2D eigenvalue weighted by Gasteiger charge is 2.52. The molecule has 3 rings (SSSR count). The summed E-state index contributed by atoms with van der Waals surface area (Å²) in [6, 6.07) is 4.84. The average molecular weight is 355 g/mol. The number of benzene rings is 1. The van der Waals surface area contributed by atoms with Crippen molar-refractivity contribution >= 4 is 28.0 Å². The van der Waals surface area contributed by atoms with Crippen LogP contribution >= 0.6 is 0 Å². The molecule has 2 aliphatic heterocycles. The average Bonchev–Trinajstić information content (AvgIpc) is 2.70. The molecule has 2 aliphatic rings. The van der Waals surface area contributed by atoms with Gasteiger partial charge in [-0.15, -0.1) is 0 Å². The summed E-state index contributed by atoms with van der Waals surface area (Å²) in [7, 11) is -3.28. The Labute approximate surface area is 143 Å². The van der Waals surface area contributed by atoms with Gasteiger partial charge in [0.25, 0.3) is 0 Å². The largest absolute Gasteiger partial charge is 0.497 e. The number of nitrogens with zero attached hydrogens (tertiary/aromatic N) is 1. The van der Waals surface area contributed by atoms with Crippen LogP contribution in [0.15, 0.2) is 22.6 Å². The van der Waals surface area contributed by atoms with Crippen molar-refractivity contribution in [2.24, 2.45) is 4.36 Å². The van der Waals surface area contributed by atoms with Gasteiger partial charge in [0, 0.05) is 5.46 Å². The van der Waals surface area contributed by atoms with Crippen molar-refractivity contribution in [3.63, 3.8) is 0 Å². The van der Waals surface area contributed by atoms with Gasteiger partial charge in [-0.1, -0.05) is 12.1 Å². The third kappa shape index (κ3) is 3.25. The Morgan fingerprint density at radius 3 is 2.29 bits per heavy atom. The lowest BCUT2D eigenvalue weighted by atomic mass is 9.78. The van der Waals surface area contributed by atoms with Gasteiger partial charge in [0.15, 0.2) is 0 Å². The molecule has 0 saturated carbocycles. The maximum atomic E-state index is 14.9. The van der Waals surface area contributed by atoms with E-state index in [4.69, 9.17) is 14.0 Å². The van der Waals surface area contributed by atoms with Gasteiger partial charge < -0.3 is 14.0 Å². The fourth-order valence-corrected chi connectivity index (χ4v) is 4.26. The molecule has 2 heterocycles. The lowest BCUT2D eigenvalue weighted by Gasteiger charge is -2.32. The molecule has 24 heavy (non-hydrogen) atoms. The Kier molecular flexibility index (Phi) is 4.53. The van der Waals surface area contributed by atoms with Gasteiger partial charge in [-0.05, 0) is 33.8 Å². The van der Waals surface area contributed by atoms with Gasteiger partial charge in [-0.2, -0.15) is 4.36 Å². The van der Waals surface area contributed by atoms with E-state index in [-0.39, 0.29) is 11.2 Å². The zero-order valence-corrected chi connectivity index (χ0v) is 15.3. The Bertz CT molecular complexity index is 730. The number of hydrogen-bond acceptors (Lipinski definition) is 5. The molecule has 0 aliphatic carbocycles. The third-order valence-electron chi connectivity index (χ3n) is 4.87. The molecule has 1 aromatic carbocycles. The number of ether oxygens (including phenoxy) is 1. The first-order valence-corrected chi connectivity index (χ1v) is 9.93. The highest BCUT2D eigenvalue weighted by Crippen LogP contribution is 2.37. The summed E-state index contributed by atoms with van der Waals surface area (Å²) < 4.78 is 48.9. The van der Waals surface area contributed by atoms with Gasteiger partial charge in [0.2, 0.25) is 0 Å². The van der Waals surface area contributed by atoms with E-state index in [0.29, 0.717) is 24.7 Å². The van der Waals surface area contributed by atoms with Gasteiger partial charge in [0.05, 0.1) is 45.7 Å². The molecule has 2 saturated heterocycles. The second kappa shape index (κ2) is 6.09. The Morgan fingerprint density at radius 1 is 1.12 bits per heavy atom. The smallest absolute Gasteiger partial charge is 0.399 e. The summed E-state index contributed by atoms with van der Waals surface area (Å²) in [4.78, 5) is 0. The first-order chi connectivity index (χ1) is 11.1. The van der Waals surface area contributed by atoms with E-state index in [9.17, 15) is 8.60 Å². The van der Waals surface area contributed by atoms with Crippen LogP contribution in [0.3, 0.4) is 0 Å². The van der Waals surface area contributed by atoms with Crippen LogP contribution in [0.5, 0.6) is 0 Å². The van der Waals surface area contributed by atoms with Crippen LogP contribution in [0.2, 0.25) is 0 Å². The molecule has 0 aromatic heterocycles. The number of rotatable bonds is 2. The predicted molar refractivity (Wildman–Crippen MR) is 92.9 cm³/mol. The van der Waals surface area contributed by atoms with Crippen LogP contribution < -0.4 is 5.46 Å². The number of hydrogen-bond donors (Lipinski definition) is 0. The molecule has 0 bridgehead atoms. The van der Waals surface area contributed by atoms with Crippen molar-refractivity contribution in [1.82, 2.24) is 0 Å². The maximum Gasteiger partial charge on any atom is 0.497 e. The lowest BCUT2D eigenvalue weighted by Crippen LogP contribution is -2.41. The summed E-state index contributed by atoms with van der Waals surface area (Å²) in [6.07, 6.45) is 0.